The highest BCUT2D eigenvalue weighted by Crippen LogP contribution is 2.23. The lowest BCUT2D eigenvalue weighted by Crippen LogP contribution is -2.43. The van der Waals surface area contributed by atoms with Crippen molar-refractivity contribution in [3.63, 3.8) is 0 Å². The largest absolute Gasteiger partial charge is 0.507 e. The summed E-state index contributed by atoms with van der Waals surface area (Å²) in [5.74, 6) is 0.299. The van der Waals surface area contributed by atoms with Gasteiger partial charge in [-0.05, 0) is 18.1 Å². The van der Waals surface area contributed by atoms with E-state index in [1.54, 1.807) is 6.07 Å². The molecule has 1 amide bonds. The Bertz CT molecular complexity index is 419. The Morgan fingerprint density at radius 3 is 2.61 bits per heavy atom. The number of aromatic hydroxyl groups is 1. The van der Waals surface area contributed by atoms with Gasteiger partial charge in [-0.2, -0.15) is 0 Å². The van der Waals surface area contributed by atoms with Crippen molar-refractivity contribution in [1.82, 2.24) is 5.32 Å². The van der Waals surface area contributed by atoms with Gasteiger partial charge in [0.15, 0.2) is 0 Å². The lowest BCUT2D eigenvalue weighted by atomic mass is 10.0. The Morgan fingerprint density at radius 2 is 2.17 bits per heavy atom. The molecule has 5 nitrogen and oxygen atoms in total. The van der Waals surface area contributed by atoms with Gasteiger partial charge in [-0.15, -0.1) is 0 Å². The van der Waals surface area contributed by atoms with Gasteiger partial charge in [0.1, 0.15) is 11.5 Å². The highest BCUT2D eigenvalue weighted by Gasteiger charge is 2.18. The molecule has 1 rings (SSSR count). The first-order valence-electron chi connectivity index (χ1n) is 5.87. The van der Waals surface area contributed by atoms with E-state index in [2.05, 4.69) is 5.32 Å². The molecule has 0 aliphatic heterocycles. The van der Waals surface area contributed by atoms with Gasteiger partial charge in [0.2, 0.25) is 0 Å². The van der Waals surface area contributed by atoms with Crippen LogP contribution in [0.1, 0.15) is 24.2 Å². The van der Waals surface area contributed by atoms with Crippen LogP contribution in [0.25, 0.3) is 0 Å². The Morgan fingerprint density at radius 1 is 1.50 bits per heavy atom. The van der Waals surface area contributed by atoms with Crippen molar-refractivity contribution >= 4 is 5.91 Å². The summed E-state index contributed by atoms with van der Waals surface area (Å²) in [6, 6.07) is 4.44. The molecule has 0 aliphatic carbocycles. The van der Waals surface area contributed by atoms with E-state index in [9.17, 15) is 9.90 Å². The summed E-state index contributed by atoms with van der Waals surface area (Å²) in [4.78, 5) is 12.0. The summed E-state index contributed by atoms with van der Waals surface area (Å²) in [5.41, 5.74) is 5.80. The minimum atomic E-state index is -0.334. The molecule has 18 heavy (non-hydrogen) atoms. The number of ether oxygens (including phenoxy) is 1. The standard InChI is InChI=1S/C13H20N2O3/c1-8(2)11(7-14)15-13(17)10-5-4-9(18-3)6-12(10)16/h4-6,8,11,16H,7,14H2,1-3H3,(H,15,17). The van der Waals surface area contributed by atoms with Gasteiger partial charge >= 0.3 is 0 Å². The summed E-state index contributed by atoms with van der Waals surface area (Å²) >= 11 is 0. The number of carbonyl (C=O) groups excluding carboxylic acids is 1. The second-order valence-electron chi connectivity index (χ2n) is 4.44. The summed E-state index contributed by atoms with van der Waals surface area (Å²) in [7, 11) is 1.50. The second-order valence-corrected chi connectivity index (χ2v) is 4.44. The summed E-state index contributed by atoms with van der Waals surface area (Å²) < 4.78 is 4.96. The molecule has 1 atom stereocenters. The predicted octanol–water partition coefficient (Wildman–Crippen LogP) is 1.11. The molecule has 1 aromatic rings. The summed E-state index contributed by atoms with van der Waals surface area (Å²) in [5, 5.41) is 12.5. The molecule has 0 saturated carbocycles. The fourth-order valence-electron chi connectivity index (χ4n) is 1.57. The number of nitrogens with two attached hydrogens (primary N) is 1. The van der Waals surface area contributed by atoms with E-state index in [-0.39, 0.29) is 29.2 Å². The fraction of sp³-hybridized carbons (Fsp3) is 0.462. The molecule has 0 fully saturated rings. The van der Waals surface area contributed by atoms with Crippen LogP contribution in [0.15, 0.2) is 18.2 Å². The zero-order chi connectivity index (χ0) is 13.7. The van der Waals surface area contributed by atoms with Crippen LogP contribution >= 0.6 is 0 Å². The third kappa shape index (κ3) is 3.37. The van der Waals surface area contributed by atoms with Crippen molar-refractivity contribution in [2.75, 3.05) is 13.7 Å². The quantitative estimate of drug-likeness (QED) is 0.733. The Labute approximate surface area is 107 Å². The Hall–Kier alpha value is -1.75. The monoisotopic (exact) mass is 252 g/mol. The number of amides is 1. The molecule has 4 N–H and O–H groups in total. The molecular formula is C13H20N2O3. The van der Waals surface area contributed by atoms with Crippen LogP contribution in [0.4, 0.5) is 0 Å². The van der Waals surface area contributed by atoms with E-state index in [1.165, 1.54) is 19.2 Å². The van der Waals surface area contributed by atoms with Gasteiger partial charge < -0.3 is 20.9 Å². The van der Waals surface area contributed by atoms with Crippen LogP contribution in [0.2, 0.25) is 0 Å². The van der Waals surface area contributed by atoms with E-state index in [4.69, 9.17) is 10.5 Å². The zero-order valence-electron chi connectivity index (χ0n) is 10.9. The molecule has 1 unspecified atom stereocenters. The number of carbonyl (C=O) groups is 1. The molecule has 0 bridgehead atoms. The van der Waals surface area contributed by atoms with Crippen LogP contribution in [0.3, 0.4) is 0 Å². The lowest BCUT2D eigenvalue weighted by molar-refractivity contribution is 0.0925. The minimum absolute atomic E-state index is 0.105. The smallest absolute Gasteiger partial charge is 0.255 e. The van der Waals surface area contributed by atoms with Gasteiger partial charge in [0.25, 0.3) is 5.91 Å². The van der Waals surface area contributed by atoms with E-state index in [1.807, 2.05) is 13.8 Å². The number of benzene rings is 1. The fourth-order valence-corrected chi connectivity index (χ4v) is 1.57. The van der Waals surface area contributed by atoms with Crippen LogP contribution in [-0.2, 0) is 0 Å². The number of hydrogen-bond acceptors (Lipinski definition) is 4. The first-order chi connectivity index (χ1) is 8.49. The maximum Gasteiger partial charge on any atom is 0.255 e. The summed E-state index contributed by atoms with van der Waals surface area (Å²) in [6.45, 7) is 4.32. The molecule has 0 saturated heterocycles. The molecule has 1 aromatic carbocycles. The SMILES string of the molecule is COc1ccc(C(=O)NC(CN)C(C)C)c(O)c1. The number of phenolic OH excluding ortho intramolecular Hbond substituents is 1. The molecule has 0 spiro atoms. The maximum atomic E-state index is 12.0. The molecule has 0 radical (unpaired) electrons. The van der Waals surface area contributed by atoms with Crippen molar-refractivity contribution in [2.24, 2.45) is 11.7 Å². The van der Waals surface area contributed by atoms with Gasteiger partial charge in [-0.25, -0.2) is 0 Å². The molecule has 0 aliphatic rings. The lowest BCUT2D eigenvalue weighted by Gasteiger charge is -2.20. The summed E-state index contributed by atoms with van der Waals surface area (Å²) in [6.07, 6.45) is 0. The van der Waals surface area contributed by atoms with Crippen LogP contribution < -0.4 is 15.8 Å². The van der Waals surface area contributed by atoms with E-state index < -0.39 is 0 Å². The third-order valence-corrected chi connectivity index (χ3v) is 2.82. The van der Waals surface area contributed by atoms with Crippen LogP contribution in [-0.4, -0.2) is 30.7 Å². The van der Waals surface area contributed by atoms with Gasteiger partial charge in [-0.1, -0.05) is 13.8 Å². The Balaban J connectivity index is 2.84. The molecule has 100 valence electrons. The van der Waals surface area contributed by atoms with E-state index >= 15 is 0 Å². The topological polar surface area (TPSA) is 84.6 Å². The first kappa shape index (κ1) is 14.3. The molecular weight excluding hydrogens is 232 g/mol. The van der Waals surface area contributed by atoms with Crippen molar-refractivity contribution < 1.29 is 14.6 Å². The number of hydrogen-bond donors (Lipinski definition) is 3. The van der Waals surface area contributed by atoms with Crippen molar-refractivity contribution in [2.45, 2.75) is 19.9 Å². The van der Waals surface area contributed by atoms with Crippen LogP contribution in [0.5, 0.6) is 11.5 Å². The second kappa shape index (κ2) is 6.26. The van der Waals surface area contributed by atoms with Crippen molar-refractivity contribution in [3.05, 3.63) is 23.8 Å². The Kier molecular flexibility index (Phi) is 4.97. The van der Waals surface area contributed by atoms with E-state index in [0.717, 1.165) is 0 Å². The highest BCUT2D eigenvalue weighted by atomic mass is 16.5. The van der Waals surface area contributed by atoms with Gasteiger partial charge in [0, 0.05) is 18.7 Å². The van der Waals surface area contributed by atoms with Gasteiger partial charge in [-0.3, -0.25) is 4.79 Å². The molecule has 5 heteroatoms. The van der Waals surface area contributed by atoms with Crippen LogP contribution in [0, 0.1) is 5.92 Å². The third-order valence-electron chi connectivity index (χ3n) is 2.82. The maximum absolute atomic E-state index is 12.0. The van der Waals surface area contributed by atoms with Crippen molar-refractivity contribution in [3.8, 4) is 11.5 Å². The normalized spacial score (nSPS) is 12.3. The van der Waals surface area contributed by atoms with Crippen molar-refractivity contribution in [1.29, 1.82) is 0 Å². The average Bonchev–Trinajstić information content (AvgIpc) is 2.34. The number of methoxy groups -OCH3 is 1. The van der Waals surface area contributed by atoms with E-state index in [0.29, 0.717) is 12.3 Å². The molecule has 0 aromatic heterocycles. The first-order valence-corrected chi connectivity index (χ1v) is 5.87. The predicted molar refractivity (Wildman–Crippen MR) is 69.8 cm³/mol. The highest BCUT2D eigenvalue weighted by molar-refractivity contribution is 5.97. The minimum Gasteiger partial charge on any atom is -0.507 e. The van der Waals surface area contributed by atoms with Gasteiger partial charge in [0.05, 0.1) is 12.7 Å². The molecule has 0 heterocycles. The zero-order valence-corrected chi connectivity index (χ0v) is 10.9. The number of phenols is 1. The number of nitrogens with one attached hydrogen (secondary N) is 1. The number of rotatable bonds is 5. The average molecular weight is 252 g/mol.